The van der Waals surface area contributed by atoms with Crippen LogP contribution in [0.15, 0.2) is 60.7 Å². The van der Waals surface area contributed by atoms with E-state index in [1.165, 1.54) is 19.1 Å². The monoisotopic (exact) mass is 479 g/mol. The van der Waals surface area contributed by atoms with Crippen LogP contribution in [0.4, 0.5) is 10.1 Å². The van der Waals surface area contributed by atoms with Crippen molar-refractivity contribution < 1.29 is 23.8 Å². The van der Waals surface area contributed by atoms with Gasteiger partial charge in [0.25, 0.3) is 0 Å². The molecule has 7 heteroatoms. The molecule has 0 saturated carbocycles. The molecule has 4 rings (SSSR count). The zero-order valence-electron chi connectivity index (χ0n) is 18.5. The normalized spacial score (nSPS) is 13.1. The summed E-state index contributed by atoms with van der Waals surface area (Å²) in [5.74, 6) is -1.10. The lowest BCUT2D eigenvalue weighted by atomic mass is 9.94. The van der Waals surface area contributed by atoms with Crippen LogP contribution < -0.4 is 10.1 Å². The highest BCUT2D eigenvalue weighted by Crippen LogP contribution is 2.44. The first-order chi connectivity index (χ1) is 16.3. The first-order valence-electron chi connectivity index (χ1n) is 10.9. The number of aromatic carboxylic acids is 1. The van der Waals surface area contributed by atoms with Gasteiger partial charge in [0.1, 0.15) is 18.2 Å². The highest BCUT2D eigenvalue weighted by atomic mass is 35.5. The van der Waals surface area contributed by atoms with Gasteiger partial charge in [0.15, 0.2) is 0 Å². The summed E-state index contributed by atoms with van der Waals surface area (Å²) in [6.45, 7) is 1.61. The fourth-order valence-corrected chi connectivity index (χ4v) is 4.34. The minimum atomic E-state index is -1.11. The van der Waals surface area contributed by atoms with Crippen molar-refractivity contribution in [3.05, 3.63) is 93.8 Å². The fourth-order valence-electron chi connectivity index (χ4n) is 4.17. The summed E-state index contributed by atoms with van der Waals surface area (Å²) in [5, 5.41) is 12.8. The maximum absolute atomic E-state index is 13.2. The Bertz CT molecular complexity index is 1280. The van der Waals surface area contributed by atoms with Crippen LogP contribution >= 0.6 is 11.6 Å². The number of benzene rings is 3. The second kappa shape index (κ2) is 10.1. The summed E-state index contributed by atoms with van der Waals surface area (Å²) < 4.78 is 19.3. The molecule has 34 heavy (non-hydrogen) atoms. The van der Waals surface area contributed by atoms with Gasteiger partial charge in [-0.25, -0.2) is 9.18 Å². The van der Waals surface area contributed by atoms with E-state index in [0.29, 0.717) is 10.8 Å². The number of hydrogen-bond donors (Lipinski definition) is 2. The summed E-state index contributed by atoms with van der Waals surface area (Å²) in [4.78, 5) is 23.3. The number of anilines is 1. The number of hydrogen-bond acceptors (Lipinski definition) is 3. The fraction of sp³-hybridized carbons (Fsp3) is 0.185. The molecule has 0 unspecified atom stereocenters. The second-order valence-corrected chi connectivity index (χ2v) is 8.55. The number of carboxylic acid groups (broad SMARTS) is 1. The van der Waals surface area contributed by atoms with Gasteiger partial charge in [-0.15, -0.1) is 0 Å². The Hall–Kier alpha value is -3.64. The van der Waals surface area contributed by atoms with Crippen molar-refractivity contribution in [2.45, 2.75) is 32.8 Å². The van der Waals surface area contributed by atoms with Crippen LogP contribution in [0.25, 0.3) is 11.1 Å². The molecular formula is C27H23ClFNO4. The van der Waals surface area contributed by atoms with Crippen LogP contribution in [-0.4, -0.2) is 17.0 Å². The number of halogens is 2. The number of rotatable bonds is 7. The van der Waals surface area contributed by atoms with Gasteiger partial charge in [0.05, 0.1) is 11.3 Å². The Morgan fingerprint density at radius 1 is 1.03 bits per heavy atom. The molecule has 0 atom stereocenters. The third-order valence-electron chi connectivity index (χ3n) is 5.70. The first kappa shape index (κ1) is 23.5. The number of allylic oxidation sites excluding steroid dienone is 2. The Morgan fingerprint density at radius 2 is 1.76 bits per heavy atom. The minimum absolute atomic E-state index is 0.0327. The summed E-state index contributed by atoms with van der Waals surface area (Å²) in [6.07, 6.45) is 2.47. The van der Waals surface area contributed by atoms with Crippen molar-refractivity contribution in [2.24, 2.45) is 0 Å². The molecule has 0 aliphatic heterocycles. The summed E-state index contributed by atoms with van der Waals surface area (Å²) in [5.41, 5.74) is 4.82. The van der Waals surface area contributed by atoms with Crippen molar-refractivity contribution >= 4 is 40.3 Å². The average Bonchev–Trinajstić information content (AvgIpc) is 3.29. The van der Waals surface area contributed by atoms with Crippen LogP contribution in [0, 0.1) is 5.82 Å². The molecule has 1 aliphatic carbocycles. The van der Waals surface area contributed by atoms with E-state index in [4.69, 9.17) is 16.3 Å². The van der Waals surface area contributed by atoms with Gasteiger partial charge in [-0.2, -0.15) is 0 Å². The maximum Gasteiger partial charge on any atom is 0.337 e. The van der Waals surface area contributed by atoms with E-state index in [1.807, 2.05) is 18.2 Å². The van der Waals surface area contributed by atoms with Crippen LogP contribution in [0.1, 0.15) is 53.2 Å². The largest absolute Gasteiger partial charge is 0.488 e. The second-order valence-electron chi connectivity index (χ2n) is 8.11. The van der Waals surface area contributed by atoms with Crippen LogP contribution in [0.3, 0.4) is 0 Å². The quantitative estimate of drug-likeness (QED) is 0.390. The lowest BCUT2D eigenvalue weighted by Crippen LogP contribution is -2.11. The molecule has 1 amide bonds. The SMILES string of the molecule is CC(=O)Nc1ccc(C2=C(c3cc(Cl)ccc3OCc3ccc(F)cc3)CCC2)cc1C(=O)O. The topological polar surface area (TPSA) is 75.6 Å². The smallest absolute Gasteiger partial charge is 0.337 e. The molecule has 0 aromatic heterocycles. The van der Waals surface area contributed by atoms with Crippen molar-refractivity contribution in [3.8, 4) is 5.75 Å². The van der Waals surface area contributed by atoms with Crippen molar-refractivity contribution in [1.82, 2.24) is 0 Å². The van der Waals surface area contributed by atoms with E-state index in [-0.39, 0.29) is 29.6 Å². The number of carboxylic acids is 1. The Labute approximate surface area is 201 Å². The lowest BCUT2D eigenvalue weighted by molar-refractivity contribution is -0.114. The van der Waals surface area contributed by atoms with Gasteiger partial charge in [-0.05, 0) is 84.0 Å². The Kier molecular flexibility index (Phi) is 6.98. The van der Waals surface area contributed by atoms with Crippen molar-refractivity contribution in [1.29, 1.82) is 0 Å². The molecule has 0 heterocycles. The van der Waals surface area contributed by atoms with Gasteiger partial charge in [0, 0.05) is 17.5 Å². The predicted molar refractivity (Wildman–Crippen MR) is 131 cm³/mol. The van der Waals surface area contributed by atoms with E-state index >= 15 is 0 Å². The molecule has 0 bridgehead atoms. The standard InChI is InChI=1S/C27H23ClFNO4/c1-16(31)30-25-11-7-18(13-24(25)27(32)33)21-3-2-4-22(21)23-14-19(28)8-12-26(23)34-15-17-5-9-20(29)10-6-17/h5-14H,2-4,15H2,1H3,(H,30,31)(H,32,33). The average molecular weight is 480 g/mol. The summed E-state index contributed by atoms with van der Waals surface area (Å²) in [6, 6.07) is 16.6. The highest BCUT2D eigenvalue weighted by Gasteiger charge is 2.23. The molecule has 174 valence electrons. The summed E-state index contributed by atoms with van der Waals surface area (Å²) in [7, 11) is 0. The number of amides is 1. The molecule has 0 saturated heterocycles. The van der Waals surface area contributed by atoms with Gasteiger partial charge in [-0.1, -0.05) is 29.8 Å². The lowest BCUT2D eigenvalue weighted by Gasteiger charge is -2.16. The third-order valence-corrected chi connectivity index (χ3v) is 5.94. The predicted octanol–water partition coefficient (Wildman–Crippen LogP) is 6.81. The van der Waals surface area contributed by atoms with E-state index in [9.17, 15) is 19.1 Å². The van der Waals surface area contributed by atoms with Gasteiger partial charge < -0.3 is 15.2 Å². The maximum atomic E-state index is 13.2. The molecule has 0 fully saturated rings. The van der Waals surface area contributed by atoms with Gasteiger partial charge in [-0.3, -0.25) is 4.79 Å². The zero-order valence-corrected chi connectivity index (χ0v) is 19.3. The third kappa shape index (κ3) is 5.29. The van der Waals surface area contributed by atoms with E-state index in [0.717, 1.165) is 47.1 Å². The molecule has 0 radical (unpaired) electrons. The molecule has 1 aliphatic rings. The van der Waals surface area contributed by atoms with Crippen LogP contribution in [0.5, 0.6) is 5.75 Å². The van der Waals surface area contributed by atoms with Crippen LogP contribution in [0.2, 0.25) is 5.02 Å². The molecule has 2 N–H and O–H groups in total. The van der Waals surface area contributed by atoms with E-state index < -0.39 is 5.97 Å². The molecule has 0 spiro atoms. The van der Waals surface area contributed by atoms with E-state index in [1.54, 1.807) is 30.3 Å². The summed E-state index contributed by atoms with van der Waals surface area (Å²) >= 11 is 6.32. The molecule has 3 aromatic carbocycles. The molecule has 3 aromatic rings. The number of carbonyl (C=O) groups excluding carboxylic acids is 1. The number of nitrogens with one attached hydrogen (secondary N) is 1. The van der Waals surface area contributed by atoms with E-state index in [2.05, 4.69) is 5.32 Å². The number of ether oxygens (including phenoxy) is 1. The van der Waals surface area contributed by atoms with Crippen molar-refractivity contribution in [3.63, 3.8) is 0 Å². The minimum Gasteiger partial charge on any atom is -0.488 e. The first-order valence-corrected chi connectivity index (χ1v) is 11.2. The van der Waals surface area contributed by atoms with Crippen LogP contribution in [-0.2, 0) is 11.4 Å². The Morgan fingerprint density at radius 3 is 2.47 bits per heavy atom. The Balaban J connectivity index is 1.72. The zero-order chi connectivity index (χ0) is 24.2. The van der Waals surface area contributed by atoms with Crippen molar-refractivity contribution in [2.75, 3.05) is 5.32 Å². The van der Waals surface area contributed by atoms with Gasteiger partial charge in [0.2, 0.25) is 5.91 Å². The molecular weight excluding hydrogens is 457 g/mol. The highest BCUT2D eigenvalue weighted by molar-refractivity contribution is 6.30. The molecule has 5 nitrogen and oxygen atoms in total. The number of carbonyl (C=O) groups is 2. The van der Waals surface area contributed by atoms with Gasteiger partial charge >= 0.3 is 5.97 Å².